The molecule has 0 heterocycles. The van der Waals surface area contributed by atoms with Crippen LogP contribution in [0.1, 0.15) is 33.1 Å². The maximum atomic E-state index is 7.07. The van der Waals surface area contributed by atoms with Crippen molar-refractivity contribution < 1.29 is 0 Å². The van der Waals surface area contributed by atoms with Crippen molar-refractivity contribution in [3.8, 4) is 0 Å². The van der Waals surface area contributed by atoms with Crippen molar-refractivity contribution in [1.82, 2.24) is 4.90 Å². The van der Waals surface area contributed by atoms with Crippen molar-refractivity contribution in [1.29, 1.82) is 5.41 Å². The molecule has 0 aromatic heterocycles. The van der Waals surface area contributed by atoms with E-state index in [1.165, 1.54) is 37.7 Å². The number of nitrogens with one attached hydrogen (secondary N) is 1. The van der Waals surface area contributed by atoms with Gasteiger partial charge in [0, 0.05) is 5.75 Å². The summed E-state index contributed by atoms with van der Waals surface area (Å²) in [7, 11) is 0. The van der Waals surface area contributed by atoms with Gasteiger partial charge in [0.2, 0.25) is 0 Å². The zero-order valence-electron chi connectivity index (χ0n) is 10.2. The van der Waals surface area contributed by atoms with Crippen molar-refractivity contribution >= 4 is 41.7 Å². The van der Waals surface area contributed by atoms with Gasteiger partial charge >= 0.3 is 0 Å². The summed E-state index contributed by atoms with van der Waals surface area (Å²) in [4.78, 5) is 2.49. The summed E-state index contributed by atoms with van der Waals surface area (Å²) >= 11 is 1.44. The molecule has 0 aliphatic heterocycles. The van der Waals surface area contributed by atoms with E-state index in [9.17, 15) is 0 Å². The Kier molecular flexibility index (Phi) is 20.8. The van der Waals surface area contributed by atoms with E-state index in [4.69, 9.17) is 11.1 Å². The number of nitrogens with zero attached hydrogens (tertiary/aromatic N) is 1. The molecule has 3 N–H and O–H groups in total. The predicted molar refractivity (Wildman–Crippen MR) is 80.5 cm³/mol. The van der Waals surface area contributed by atoms with Gasteiger partial charge in [-0.15, -0.1) is 24.8 Å². The Morgan fingerprint density at radius 2 is 1.62 bits per heavy atom. The minimum atomic E-state index is 0. The minimum Gasteiger partial charge on any atom is -0.379 e. The fourth-order valence-corrected chi connectivity index (χ4v) is 1.93. The lowest BCUT2D eigenvalue weighted by Gasteiger charge is -2.20. The van der Waals surface area contributed by atoms with Gasteiger partial charge in [-0.25, -0.2) is 0 Å². The van der Waals surface area contributed by atoms with Crippen LogP contribution in [0.5, 0.6) is 0 Å². The van der Waals surface area contributed by atoms with Crippen molar-refractivity contribution in [3.63, 3.8) is 0 Å². The van der Waals surface area contributed by atoms with Crippen LogP contribution < -0.4 is 5.73 Å². The summed E-state index contributed by atoms with van der Waals surface area (Å²) in [6.07, 6.45) is 3.57. The Balaban J connectivity index is -0.000000845. The van der Waals surface area contributed by atoms with Gasteiger partial charge in [-0.1, -0.05) is 25.6 Å². The smallest absolute Gasteiger partial charge is 0.151 e. The van der Waals surface area contributed by atoms with Crippen LogP contribution in [0.15, 0.2) is 0 Å². The number of halogens is 2. The van der Waals surface area contributed by atoms with Crippen LogP contribution in [0.3, 0.4) is 0 Å². The summed E-state index contributed by atoms with van der Waals surface area (Å²) in [6, 6.07) is 0. The molecule has 0 aliphatic carbocycles. The van der Waals surface area contributed by atoms with E-state index in [0.29, 0.717) is 0 Å². The SMILES string of the molecule is CCCN(CCC)CCCSC(=N)N.Cl.Cl. The monoisotopic (exact) mass is 289 g/mol. The van der Waals surface area contributed by atoms with E-state index in [2.05, 4.69) is 18.7 Å². The van der Waals surface area contributed by atoms with Gasteiger partial charge in [0.05, 0.1) is 0 Å². The molecule has 0 aromatic carbocycles. The Hall–Kier alpha value is 0.360. The average molecular weight is 290 g/mol. The second-order valence-corrected chi connectivity index (χ2v) is 4.54. The molecule has 0 saturated carbocycles. The third kappa shape index (κ3) is 14.4. The van der Waals surface area contributed by atoms with Crippen molar-refractivity contribution in [2.75, 3.05) is 25.4 Å². The summed E-state index contributed by atoms with van der Waals surface area (Å²) in [5.41, 5.74) is 5.26. The van der Waals surface area contributed by atoms with Crippen LogP contribution in [0.25, 0.3) is 0 Å². The fourth-order valence-electron chi connectivity index (χ4n) is 1.44. The second-order valence-electron chi connectivity index (χ2n) is 3.41. The van der Waals surface area contributed by atoms with Crippen LogP contribution in [-0.2, 0) is 0 Å². The van der Waals surface area contributed by atoms with Gasteiger partial charge in [-0.05, 0) is 38.9 Å². The average Bonchev–Trinajstić information content (AvgIpc) is 2.12. The van der Waals surface area contributed by atoms with Gasteiger partial charge in [0.1, 0.15) is 0 Å². The third-order valence-corrected chi connectivity index (χ3v) is 2.76. The molecule has 0 spiro atoms. The Labute approximate surface area is 116 Å². The highest BCUT2D eigenvalue weighted by atomic mass is 35.5. The molecule has 6 heteroatoms. The molecule has 0 saturated heterocycles. The number of hydrogen-bond acceptors (Lipinski definition) is 3. The number of nitrogens with two attached hydrogens (primary N) is 1. The first-order valence-electron chi connectivity index (χ1n) is 5.39. The van der Waals surface area contributed by atoms with Crippen molar-refractivity contribution in [3.05, 3.63) is 0 Å². The molecule has 0 unspecified atom stereocenters. The molecule has 100 valence electrons. The molecule has 16 heavy (non-hydrogen) atoms. The van der Waals surface area contributed by atoms with E-state index in [-0.39, 0.29) is 30.0 Å². The maximum absolute atomic E-state index is 7.07. The highest BCUT2D eigenvalue weighted by molar-refractivity contribution is 8.13. The molecule has 0 rings (SSSR count). The highest BCUT2D eigenvalue weighted by Crippen LogP contribution is 2.03. The number of rotatable bonds is 8. The fraction of sp³-hybridized carbons (Fsp3) is 0.900. The topological polar surface area (TPSA) is 53.1 Å². The Morgan fingerprint density at radius 1 is 1.12 bits per heavy atom. The lowest BCUT2D eigenvalue weighted by molar-refractivity contribution is 0.276. The third-order valence-electron chi connectivity index (χ3n) is 1.96. The zero-order chi connectivity index (χ0) is 10.8. The largest absolute Gasteiger partial charge is 0.379 e. The normalized spacial score (nSPS) is 9.44. The van der Waals surface area contributed by atoms with Crippen molar-refractivity contribution in [2.24, 2.45) is 5.73 Å². The van der Waals surface area contributed by atoms with E-state index in [1.54, 1.807) is 0 Å². The molecule has 0 fully saturated rings. The Morgan fingerprint density at radius 3 is 2.00 bits per heavy atom. The summed E-state index contributed by atoms with van der Waals surface area (Å²) < 4.78 is 0. The second kappa shape index (κ2) is 15.4. The maximum Gasteiger partial charge on any atom is 0.151 e. The van der Waals surface area contributed by atoms with Gasteiger partial charge in [-0.3, -0.25) is 5.41 Å². The number of hydrogen-bond donors (Lipinski definition) is 2. The van der Waals surface area contributed by atoms with Crippen LogP contribution in [0, 0.1) is 5.41 Å². The molecule has 0 atom stereocenters. The molecule has 0 amide bonds. The summed E-state index contributed by atoms with van der Waals surface area (Å²) in [5.74, 6) is 0.971. The van der Waals surface area contributed by atoms with Crippen molar-refractivity contribution in [2.45, 2.75) is 33.1 Å². The van der Waals surface area contributed by atoms with Gasteiger partial charge < -0.3 is 10.6 Å². The molecular weight excluding hydrogens is 265 g/mol. The van der Waals surface area contributed by atoms with Gasteiger partial charge in [-0.2, -0.15) is 0 Å². The Bertz CT molecular complexity index is 153. The predicted octanol–water partition coefficient (Wildman–Crippen LogP) is 2.97. The molecule has 3 nitrogen and oxygen atoms in total. The van der Waals surface area contributed by atoms with E-state index < -0.39 is 0 Å². The van der Waals surface area contributed by atoms with Gasteiger partial charge in [0.25, 0.3) is 0 Å². The molecular formula is C10H25Cl2N3S. The van der Waals surface area contributed by atoms with Crippen LogP contribution in [-0.4, -0.2) is 35.5 Å². The molecule has 0 radical (unpaired) electrons. The summed E-state index contributed by atoms with van der Waals surface area (Å²) in [5, 5.41) is 7.31. The molecule has 0 aromatic rings. The van der Waals surface area contributed by atoms with Crippen LogP contribution in [0.4, 0.5) is 0 Å². The number of amidine groups is 1. The zero-order valence-corrected chi connectivity index (χ0v) is 12.6. The standard InChI is InChI=1S/C10H23N3S.2ClH/c1-3-6-13(7-4-2)8-5-9-14-10(11)12;;/h3-9H2,1-2H3,(H3,11,12);2*1H. The first kappa shape index (κ1) is 21.6. The highest BCUT2D eigenvalue weighted by Gasteiger charge is 2.01. The lowest BCUT2D eigenvalue weighted by Crippen LogP contribution is -2.27. The first-order chi connectivity index (χ1) is 6.70. The van der Waals surface area contributed by atoms with Crippen LogP contribution in [0.2, 0.25) is 0 Å². The summed E-state index contributed by atoms with van der Waals surface area (Å²) in [6.45, 7) is 7.96. The van der Waals surface area contributed by atoms with E-state index in [1.807, 2.05) is 0 Å². The quantitative estimate of drug-likeness (QED) is 0.410. The van der Waals surface area contributed by atoms with E-state index >= 15 is 0 Å². The molecule has 0 aliphatic rings. The van der Waals surface area contributed by atoms with Gasteiger partial charge in [0.15, 0.2) is 5.17 Å². The van der Waals surface area contributed by atoms with Crippen LogP contribution >= 0.6 is 36.6 Å². The minimum absolute atomic E-state index is 0. The number of thioether (sulfide) groups is 1. The lowest BCUT2D eigenvalue weighted by atomic mass is 10.3. The molecule has 0 bridgehead atoms. The first-order valence-corrected chi connectivity index (χ1v) is 6.38. The van der Waals surface area contributed by atoms with E-state index in [0.717, 1.165) is 18.7 Å².